The Labute approximate surface area is 140 Å². The van der Waals surface area contributed by atoms with Gasteiger partial charge in [-0.05, 0) is 35.2 Å². The molecule has 7 heteroatoms. The molecule has 0 saturated heterocycles. The van der Waals surface area contributed by atoms with Crippen LogP contribution in [-0.4, -0.2) is 15.0 Å². The fourth-order valence-electron chi connectivity index (χ4n) is 2.09. The van der Waals surface area contributed by atoms with Gasteiger partial charge in [-0.3, -0.25) is 4.72 Å². The minimum absolute atomic E-state index is 0.0438. The van der Waals surface area contributed by atoms with Gasteiger partial charge in [0, 0.05) is 0 Å². The van der Waals surface area contributed by atoms with Crippen molar-refractivity contribution < 1.29 is 21.9 Å². The Balaban J connectivity index is 2.29. The van der Waals surface area contributed by atoms with E-state index in [9.17, 15) is 17.2 Å². The Morgan fingerprint density at radius 3 is 2.12 bits per heavy atom. The number of hydrogen-bond acceptors (Lipinski definition) is 3. The Kier molecular flexibility index (Phi) is 5.13. The summed E-state index contributed by atoms with van der Waals surface area (Å²) in [5, 5.41) is 0. The summed E-state index contributed by atoms with van der Waals surface area (Å²) in [5.41, 5.74) is 0.841. The highest BCUT2D eigenvalue weighted by atomic mass is 32.2. The molecule has 0 radical (unpaired) electrons. The third-order valence-corrected chi connectivity index (χ3v) is 4.76. The van der Waals surface area contributed by atoms with Crippen LogP contribution in [0.2, 0.25) is 0 Å². The van der Waals surface area contributed by atoms with E-state index in [1.165, 1.54) is 36.4 Å². The number of halogens is 2. The van der Waals surface area contributed by atoms with Gasteiger partial charge in [0.05, 0.1) is 10.6 Å². The van der Waals surface area contributed by atoms with Gasteiger partial charge in [-0.2, -0.15) is 8.78 Å². The average molecular weight is 355 g/mol. The number of sulfonamides is 1. The molecule has 0 heterocycles. The van der Waals surface area contributed by atoms with E-state index in [0.717, 1.165) is 5.56 Å². The molecule has 130 valence electrons. The highest BCUT2D eigenvalue weighted by molar-refractivity contribution is 7.92. The highest BCUT2D eigenvalue weighted by Gasteiger charge is 2.19. The lowest BCUT2D eigenvalue weighted by Gasteiger charge is -2.19. The lowest BCUT2D eigenvalue weighted by molar-refractivity contribution is -0.0493. The van der Waals surface area contributed by atoms with Crippen molar-refractivity contribution in [1.82, 2.24) is 0 Å². The zero-order chi connectivity index (χ0) is 18.0. The molecule has 0 bridgehead atoms. The fourth-order valence-corrected chi connectivity index (χ4v) is 3.16. The molecule has 2 aromatic carbocycles. The first-order valence-electron chi connectivity index (χ1n) is 7.27. The smallest absolute Gasteiger partial charge is 0.387 e. The number of benzene rings is 2. The highest BCUT2D eigenvalue weighted by Crippen LogP contribution is 2.29. The SMILES string of the molecule is CC(C)(C)c1ccc(S(=O)(=O)Nc2ccccc2OC(F)F)cc1. The van der Waals surface area contributed by atoms with Gasteiger partial charge < -0.3 is 4.74 Å². The van der Waals surface area contributed by atoms with Gasteiger partial charge in [-0.15, -0.1) is 0 Å². The predicted octanol–water partition coefficient (Wildman–Crippen LogP) is 4.39. The molecule has 1 N–H and O–H groups in total. The van der Waals surface area contributed by atoms with E-state index in [0.29, 0.717) is 0 Å². The number of rotatable bonds is 5. The summed E-state index contributed by atoms with van der Waals surface area (Å²) < 4.78 is 56.3. The predicted molar refractivity (Wildman–Crippen MR) is 89.0 cm³/mol. The van der Waals surface area contributed by atoms with Crippen LogP contribution in [-0.2, 0) is 15.4 Å². The summed E-state index contributed by atoms with van der Waals surface area (Å²) >= 11 is 0. The molecular weight excluding hydrogens is 336 g/mol. The van der Waals surface area contributed by atoms with Gasteiger partial charge in [0.2, 0.25) is 0 Å². The second-order valence-electron chi connectivity index (χ2n) is 6.25. The molecule has 2 aromatic rings. The first kappa shape index (κ1) is 18.2. The second-order valence-corrected chi connectivity index (χ2v) is 7.94. The van der Waals surface area contributed by atoms with Crippen LogP contribution in [0.1, 0.15) is 26.3 Å². The Bertz CT molecular complexity index is 797. The molecule has 0 aromatic heterocycles. The molecular formula is C17H19F2NO3S. The van der Waals surface area contributed by atoms with Crippen molar-refractivity contribution in [3.8, 4) is 5.75 Å². The van der Waals surface area contributed by atoms with Crippen molar-refractivity contribution in [3.05, 3.63) is 54.1 Å². The molecule has 0 fully saturated rings. The van der Waals surface area contributed by atoms with Gasteiger partial charge in [-0.25, -0.2) is 8.42 Å². The number of alkyl halides is 2. The van der Waals surface area contributed by atoms with Crippen molar-refractivity contribution in [2.45, 2.75) is 37.7 Å². The molecule has 0 aliphatic rings. The van der Waals surface area contributed by atoms with E-state index in [-0.39, 0.29) is 21.7 Å². The van der Waals surface area contributed by atoms with E-state index in [1.807, 2.05) is 20.8 Å². The first-order chi connectivity index (χ1) is 11.1. The van der Waals surface area contributed by atoms with Crippen LogP contribution in [0.4, 0.5) is 14.5 Å². The minimum atomic E-state index is -3.91. The van der Waals surface area contributed by atoms with Gasteiger partial charge in [0.1, 0.15) is 5.75 Å². The molecule has 2 rings (SSSR count). The largest absolute Gasteiger partial charge is 0.433 e. The van der Waals surface area contributed by atoms with Gasteiger partial charge >= 0.3 is 6.61 Å². The van der Waals surface area contributed by atoms with Gasteiger partial charge in [0.25, 0.3) is 10.0 Å². The van der Waals surface area contributed by atoms with Crippen molar-refractivity contribution in [3.63, 3.8) is 0 Å². The van der Waals surface area contributed by atoms with E-state index in [1.54, 1.807) is 12.1 Å². The van der Waals surface area contributed by atoms with Crippen LogP contribution in [0.3, 0.4) is 0 Å². The number of hydrogen-bond donors (Lipinski definition) is 1. The molecule has 0 saturated carbocycles. The summed E-state index contributed by atoms with van der Waals surface area (Å²) in [6.07, 6.45) is 0. The minimum Gasteiger partial charge on any atom is -0.433 e. The van der Waals surface area contributed by atoms with Crippen LogP contribution in [0.5, 0.6) is 5.75 Å². The van der Waals surface area contributed by atoms with Gasteiger partial charge in [-0.1, -0.05) is 45.0 Å². The maximum atomic E-state index is 12.4. The second kappa shape index (κ2) is 6.76. The summed E-state index contributed by atoms with van der Waals surface area (Å²) in [6, 6.07) is 12.1. The molecule has 0 amide bonds. The summed E-state index contributed by atoms with van der Waals surface area (Å²) in [6.45, 7) is 3.02. The van der Waals surface area contributed by atoms with Crippen LogP contribution < -0.4 is 9.46 Å². The van der Waals surface area contributed by atoms with Crippen molar-refractivity contribution >= 4 is 15.7 Å². The Morgan fingerprint density at radius 2 is 1.58 bits per heavy atom. The quantitative estimate of drug-likeness (QED) is 0.866. The Hall–Kier alpha value is -2.15. The first-order valence-corrected chi connectivity index (χ1v) is 8.75. The third kappa shape index (κ3) is 4.44. The number of anilines is 1. The van der Waals surface area contributed by atoms with Crippen molar-refractivity contribution in [2.24, 2.45) is 0 Å². The van der Waals surface area contributed by atoms with Gasteiger partial charge in [0.15, 0.2) is 0 Å². The number of ether oxygens (including phenoxy) is 1. The fraction of sp³-hybridized carbons (Fsp3) is 0.294. The third-order valence-electron chi connectivity index (χ3n) is 3.38. The summed E-state index contributed by atoms with van der Waals surface area (Å²) in [5.74, 6) is -0.234. The molecule has 0 aliphatic heterocycles. The van der Waals surface area contributed by atoms with Crippen molar-refractivity contribution in [1.29, 1.82) is 0 Å². The average Bonchev–Trinajstić information content (AvgIpc) is 2.48. The maximum absolute atomic E-state index is 12.4. The van der Waals surface area contributed by atoms with E-state index >= 15 is 0 Å². The van der Waals surface area contributed by atoms with Crippen LogP contribution in [0.15, 0.2) is 53.4 Å². The number of para-hydroxylation sites is 2. The van der Waals surface area contributed by atoms with Crippen LogP contribution >= 0.6 is 0 Å². The summed E-state index contributed by atoms with van der Waals surface area (Å²) in [4.78, 5) is 0.0438. The normalized spacial score (nSPS) is 12.2. The molecule has 0 aliphatic carbocycles. The molecule has 4 nitrogen and oxygen atoms in total. The Morgan fingerprint density at radius 1 is 1.00 bits per heavy atom. The molecule has 0 spiro atoms. The molecule has 24 heavy (non-hydrogen) atoms. The van der Waals surface area contributed by atoms with E-state index in [2.05, 4.69) is 9.46 Å². The standard InChI is InChI=1S/C17H19F2NO3S/c1-17(2,3)12-8-10-13(11-9-12)24(21,22)20-14-6-4-5-7-15(14)23-16(18)19/h4-11,16,20H,1-3H3. The zero-order valence-electron chi connectivity index (χ0n) is 13.6. The van der Waals surface area contributed by atoms with E-state index in [4.69, 9.17) is 0 Å². The van der Waals surface area contributed by atoms with E-state index < -0.39 is 16.6 Å². The number of nitrogens with one attached hydrogen (secondary N) is 1. The maximum Gasteiger partial charge on any atom is 0.387 e. The molecule has 0 unspecified atom stereocenters. The van der Waals surface area contributed by atoms with Crippen molar-refractivity contribution in [2.75, 3.05) is 4.72 Å². The van der Waals surface area contributed by atoms with Crippen LogP contribution in [0, 0.1) is 0 Å². The molecule has 0 atom stereocenters. The lowest BCUT2D eigenvalue weighted by Crippen LogP contribution is -2.16. The van der Waals surface area contributed by atoms with Crippen LogP contribution in [0.25, 0.3) is 0 Å². The topological polar surface area (TPSA) is 55.4 Å². The zero-order valence-corrected chi connectivity index (χ0v) is 14.4. The summed E-state index contributed by atoms with van der Waals surface area (Å²) in [7, 11) is -3.91. The lowest BCUT2D eigenvalue weighted by atomic mass is 9.87. The monoisotopic (exact) mass is 355 g/mol.